The molecule has 0 aliphatic rings. The van der Waals surface area contributed by atoms with E-state index in [0.717, 1.165) is 0 Å². The summed E-state index contributed by atoms with van der Waals surface area (Å²) >= 11 is 0. The van der Waals surface area contributed by atoms with E-state index < -0.39 is 9.85 Å². The third-order valence-electron chi connectivity index (χ3n) is 2.43. The quantitative estimate of drug-likeness (QED) is 0.596. The van der Waals surface area contributed by atoms with E-state index in [1.807, 2.05) is 0 Å². The number of aryl methyl sites for hydroxylation is 2. The summed E-state index contributed by atoms with van der Waals surface area (Å²) in [6.45, 7) is 4.68. The maximum absolute atomic E-state index is 10.7. The smallest absolute Gasteiger partial charge is 0.259 e. The molecule has 0 bridgehead atoms. The van der Waals surface area contributed by atoms with Gasteiger partial charge in [-0.3, -0.25) is 20.2 Å². The second-order valence-corrected chi connectivity index (χ2v) is 3.80. The van der Waals surface area contributed by atoms with Gasteiger partial charge in [-0.15, -0.1) is 0 Å². The molecular weight excluding hydrogens is 224 g/mol. The number of rotatable bonds is 3. The highest BCUT2D eigenvalue weighted by molar-refractivity contribution is 5.60. The van der Waals surface area contributed by atoms with Crippen molar-refractivity contribution >= 4 is 11.8 Å². The number of allylic oxidation sites excluding steroid dienone is 1. The Hall–Kier alpha value is -2.24. The number of nitro groups is 2. The van der Waals surface area contributed by atoms with E-state index in [0.29, 0.717) is 16.7 Å². The highest BCUT2D eigenvalue weighted by Gasteiger charge is 2.13. The van der Waals surface area contributed by atoms with Crippen LogP contribution in [0.5, 0.6) is 0 Å². The number of hydrogen-bond acceptors (Lipinski definition) is 4. The monoisotopic (exact) mass is 236 g/mol. The molecule has 0 fully saturated rings. The summed E-state index contributed by atoms with van der Waals surface area (Å²) in [4.78, 5) is 20.2. The summed E-state index contributed by atoms with van der Waals surface area (Å²) in [6, 6.07) is 3.01. The third kappa shape index (κ3) is 2.87. The van der Waals surface area contributed by atoms with E-state index in [1.165, 1.54) is 19.1 Å². The first-order valence-corrected chi connectivity index (χ1v) is 4.91. The topological polar surface area (TPSA) is 86.3 Å². The van der Waals surface area contributed by atoms with Gasteiger partial charge >= 0.3 is 0 Å². The maximum Gasteiger partial charge on any atom is 0.272 e. The summed E-state index contributed by atoms with van der Waals surface area (Å²) in [6.07, 6.45) is 1.41. The van der Waals surface area contributed by atoms with Crippen molar-refractivity contribution in [1.29, 1.82) is 0 Å². The van der Waals surface area contributed by atoms with E-state index in [-0.39, 0.29) is 11.4 Å². The van der Waals surface area contributed by atoms with Crippen molar-refractivity contribution in [2.45, 2.75) is 20.8 Å². The third-order valence-corrected chi connectivity index (χ3v) is 2.43. The normalized spacial score (nSPS) is 11.4. The van der Waals surface area contributed by atoms with Crippen LogP contribution in [-0.2, 0) is 0 Å². The molecule has 6 heteroatoms. The van der Waals surface area contributed by atoms with Gasteiger partial charge in [-0.25, -0.2) is 0 Å². The molecule has 0 amide bonds. The number of nitro benzene ring substituents is 1. The van der Waals surface area contributed by atoms with Crippen molar-refractivity contribution in [3.8, 4) is 0 Å². The van der Waals surface area contributed by atoms with Crippen LogP contribution in [0.4, 0.5) is 5.69 Å². The predicted molar refractivity (Wildman–Crippen MR) is 63.2 cm³/mol. The number of nitrogens with zero attached hydrogens (tertiary/aromatic N) is 2. The van der Waals surface area contributed by atoms with Gasteiger partial charge in [0.15, 0.2) is 0 Å². The van der Waals surface area contributed by atoms with Crippen LogP contribution in [0.15, 0.2) is 17.8 Å². The van der Waals surface area contributed by atoms with Gasteiger partial charge < -0.3 is 0 Å². The minimum Gasteiger partial charge on any atom is -0.259 e. The lowest BCUT2D eigenvalue weighted by atomic mass is 10.0. The predicted octanol–water partition coefficient (Wildman–Crippen LogP) is 2.85. The van der Waals surface area contributed by atoms with Gasteiger partial charge in [-0.2, -0.15) is 0 Å². The molecule has 0 saturated heterocycles. The molecule has 1 aromatic rings. The van der Waals surface area contributed by atoms with Crippen molar-refractivity contribution in [2.24, 2.45) is 0 Å². The molecule has 90 valence electrons. The standard InChI is InChI=1S/C11H12N2O4/c1-7-5-11(13(16)17)8(2)4-10(7)6-9(3)12(14)15/h4-6H,1-3H3/b9-6+. The van der Waals surface area contributed by atoms with Gasteiger partial charge in [0.05, 0.1) is 9.85 Å². The number of hydrogen-bond donors (Lipinski definition) is 0. The first-order valence-electron chi connectivity index (χ1n) is 4.91. The van der Waals surface area contributed by atoms with Crippen LogP contribution in [0.25, 0.3) is 6.08 Å². The molecule has 0 atom stereocenters. The van der Waals surface area contributed by atoms with Gasteiger partial charge in [0.1, 0.15) is 0 Å². The van der Waals surface area contributed by atoms with Crippen molar-refractivity contribution in [2.75, 3.05) is 0 Å². The molecule has 0 heterocycles. The van der Waals surface area contributed by atoms with Crippen LogP contribution in [0.1, 0.15) is 23.6 Å². The Kier molecular flexibility index (Phi) is 3.57. The Morgan fingerprint density at radius 3 is 2.24 bits per heavy atom. The molecule has 0 aromatic heterocycles. The van der Waals surface area contributed by atoms with Crippen LogP contribution in [-0.4, -0.2) is 9.85 Å². The fourth-order valence-electron chi connectivity index (χ4n) is 1.45. The summed E-state index contributed by atoms with van der Waals surface area (Å²) < 4.78 is 0. The molecular formula is C11H12N2O4. The summed E-state index contributed by atoms with van der Waals surface area (Å²) in [5, 5.41) is 21.2. The zero-order chi connectivity index (χ0) is 13.2. The van der Waals surface area contributed by atoms with Gasteiger partial charge in [-0.1, -0.05) is 0 Å². The van der Waals surface area contributed by atoms with E-state index in [4.69, 9.17) is 0 Å². The second kappa shape index (κ2) is 4.73. The van der Waals surface area contributed by atoms with Gasteiger partial charge in [-0.05, 0) is 31.0 Å². The van der Waals surface area contributed by atoms with Crippen molar-refractivity contribution in [3.05, 3.63) is 54.7 Å². The van der Waals surface area contributed by atoms with Crippen LogP contribution in [0.2, 0.25) is 0 Å². The lowest BCUT2D eigenvalue weighted by Crippen LogP contribution is -1.97. The first-order chi connectivity index (χ1) is 7.82. The summed E-state index contributed by atoms with van der Waals surface area (Å²) in [7, 11) is 0. The average Bonchev–Trinajstić information content (AvgIpc) is 2.22. The fourth-order valence-corrected chi connectivity index (χ4v) is 1.45. The van der Waals surface area contributed by atoms with Crippen LogP contribution >= 0.6 is 0 Å². The van der Waals surface area contributed by atoms with E-state index in [1.54, 1.807) is 19.9 Å². The molecule has 6 nitrogen and oxygen atoms in total. The largest absolute Gasteiger partial charge is 0.272 e. The van der Waals surface area contributed by atoms with Gasteiger partial charge in [0, 0.05) is 24.6 Å². The molecule has 0 spiro atoms. The average molecular weight is 236 g/mol. The van der Waals surface area contributed by atoms with Crippen LogP contribution in [0.3, 0.4) is 0 Å². The molecule has 0 saturated carbocycles. The minimum atomic E-state index is -0.490. The maximum atomic E-state index is 10.7. The van der Waals surface area contributed by atoms with Crippen LogP contribution < -0.4 is 0 Å². The first kappa shape index (κ1) is 12.8. The Bertz CT molecular complexity index is 520. The Morgan fingerprint density at radius 1 is 1.18 bits per heavy atom. The van der Waals surface area contributed by atoms with Crippen LogP contribution in [0, 0.1) is 34.1 Å². The SMILES string of the molecule is C/C(=C\c1cc(C)c([N+](=O)[O-])cc1C)[N+](=O)[O-]. The molecule has 0 aliphatic heterocycles. The van der Waals surface area contributed by atoms with E-state index >= 15 is 0 Å². The van der Waals surface area contributed by atoms with Crippen molar-refractivity contribution < 1.29 is 9.85 Å². The highest BCUT2D eigenvalue weighted by atomic mass is 16.6. The molecule has 17 heavy (non-hydrogen) atoms. The Labute approximate surface area is 97.9 Å². The molecule has 1 rings (SSSR count). The summed E-state index contributed by atoms with van der Waals surface area (Å²) in [5.74, 6) is 0. The fraction of sp³-hybridized carbons (Fsp3) is 0.273. The zero-order valence-electron chi connectivity index (χ0n) is 9.76. The van der Waals surface area contributed by atoms with Crippen molar-refractivity contribution in [1.82, 2.24) is 0 Å². The molecule has 1 aromatic carbocycles. The molecule has 0 radical (unpaired) electrons. The molecule has 0 N–H and O–H groups in total. The lowest BCUT2D eigenvalue weighted by Gasteiger charge is -2.03. The highest BCUT2D eigenvalue weighted by Crippen LogP contribution is 2.24. The zero-order valence-corrected chi connectivity index (χ0v) is 9.76. The summed E-state index contributed by atoms with van der Waals surface area (Å²) in [5.41, 5.74) is 1.79. The second-order valence-electron chi connectivity index (χ2n) is 3.80. The molecule has 0 aliphatic carbocycles. The van der Waals surface area contributed by atoms with E-state index in [2.05, 4.69) is 0 Å². The Morgan fingerprint density at radius 2 is 1.76 bits per heavy atom. The Balaban J connectivity index is 3.30. The van der Waals surface area contributed by atoms with Gasteiger partial charge in [0.2, 0.25) is 5.70 Å². The lowest BCUT2D eigenvalue weighted by molar-refractivity contribution is -0.422. The minimum absolute atomic E-state index is 0.00125. The number of benzene rings is 1. The molecule has 0 unspecified atom stereocenters. The van der Waals surface area contributed by atoms with E-state index in [9.17, 15) is 20.2 Å². The van der Waals surface area contributed by atoms with Gasteiger partial charge in [0.25, 0.3) is 5.69 Å². The van der Waals surface area contributed by atoms with Crippen molar-refractivity contribution in [3.63, 3.8) is 0 Å².